The molecule has 1 aromatic rings. The van der Waals surface area contributed by atoms with Crippen LogP contribution >= 0.6 is 0 Å². The van der Waals surface area contributed by atoms with Crippen molar-refractivity contribution in [3.05, 3.63) is 39.9 Å². The lowest BCUT2D eigenvalue weighted by molar-refractivity contribution is -0.384. The van der Waals surface area contributed by atoms with Gasteiger partial charge in [-0.1, -0.05) is 20.8 Å². The first-order valence-electron chi connectivity index (χ1n) is 15.1. The monoisotopic (exact) mass is 539 g/mol. The van der Waals surface area contributed by atoms with Gasteiger partial charge in [-0.05, 0) is 123 Å². The molecule has 214 valence electrons. The second-order valence-corrected chi connectivity index (χ2v) is 13.6. The molecule has 4 saturated carbocycles. The molecule has 7 heteroatoms. The largest absolute Gasteiger partial charge is 0.469 e. The Morgan fingerprint density at radius 3 is 2.38 bits per heavy atom. The lowest BCUT2D eigenvalue weighted by Crippen LogP contribution is -2.54. The molecule has 0 N–H and O–H groups in total. The van der Waals surface area contributed by atoms with E-state index in [0.29, 0.717) is 40.6 Å². The normalized spacial score (nSPS) is 38.1. The molecule has 4 aliphatic carbocycles. The zero-order valence-electron chi connectivity index (χ0n) is 24.0. The van der Waals surface area contributed by atoms with E-state index in [9.17, 15) is 19.7 Å². The predicted octanol–water partition coefficient (Wildman–Crippen LogP) is 7.37. The van der Waals surface area contributed by atoms with Crippen LogP contribution in [0.5, 0.6) is 0 Å². The number of nitrogens with zero attached hydrogens (tertiary/aromatic N) is 1. The van der Waals surface area contributed by atoms with Crippen molar-refractivity contribution in [1.82, 2.24) is 0 Å². The summed E-state index contributed by atoms with van der Waals surface area (Å²) in [5.41, 5.74) is 1.03. The van der Waals surface area contributed by atoms with Crippen molar-refractivity contribution < 1.29 is 24.0 Å². The van der Waals surface area contributed by atoms with Crippen LogP contribution in [0.3, 0.4) is 0 Å². The average molecular weight is 540 g/mol. The van der Waals surface area contributed by atoms with Gasteiger partial charge in [0.2, 0.25) is 0 Å². The number of benzene rings is 1. The summed E-state index contributed by atoms with van der Waals surface area (Å²) < 4.78 is 10.8. The lowest BCUT2D eigenvalue weighted by Gasteiger charge is -2.61. The van der Waals surface area contributed by atoms with Crippen molar-refractivity contribution in [2.75, 3.05) is 7.11 Å². The van der Waals surface area contributed by atoms with Crippen LogP contribution < -0.4 is 0 Å². The van der Waals surface area contributed by atoms with Crippen molar-refractivity contribution in [3.63, 3.8) is 0 Å². The fraction of sp³-hybridized carbons (Fsp3) is 0.750. The highest BCUT2D eigenvalue weighted by atomic mass is 16.6. The summed E-state index contributed by atoms with van der Waals surface area (Å²) >= 11 is 0. The van der Waals surface area contributed by atoms with Crippen LogP contribution in [0.25, 0.3) is 0 Å². The third-order valence-corrected chi connectivity index (χ3v) is 12.0. The summed E-state index contributed by atoms with van der Waals surface area (Å²) in [6.07, 6.45) is 11.9. The Labute approximate surface area is 232 Å². The number of carbonyl (C=O) groups is 2. The molecule has 9 atom stereocenters. The minimum Gasteiger partial charge on any atom is -0.469 e. The molecule has 0 bridgehead atoms. The Kier molecular flexibility index (Phi) is 7.82. The van der Waals surface area contributed by atoms with E-state index in [2.05, 4.69) is 20.8 Å². The van der Waals surface area contributed by atoms with Crippen LogP contribution in [0.2, 0.25) is 0 Å². The van der Waals surface area contributed by atoms with Gasteiger partial charge in [-0.25, -0.2) is 4.79 Å². The van der Waals surface area contributed by atoms with Gasteiger partial charge in [0.25, 0.3) is 5.69 Å². The number of non-ortho nitro benzene ring substituents is 1. The third-order valence-electron chi connectivity index (χ3n) is 12.0. The zero-order chi connectivity index (χ0) is 27.9. The number of nitro benzene ring substituents is 1. The van der Waals surface area contributed by atoms with E-state index in [-0.39, 0.29) is 23.7 Å². The van der Waals surface area contributed by atoms with E-state index in [1.54, 1.807) is 0 Å². The molecule has 1 aromatic carbocycles. The summed E-state index contributed by atoms with van der Waals surface area (Å²) in [5, 5.41) is 10.9. The van der Waals surface area contributed by atoms with Gasteiger partial charge in [0.05, 0.1) is 17.6 Å². The molecule has 4 aliphatic rings. The Balaban J connectivity index is 1.21. The Bertz CT molecular complexity index is 1090. The highest BCUT2D eigenvalue weighted by molar-refractivity contribution is 5.89. The Hall–Kier alpha value is -2.44. The number of fused-ring (bicyclic) bond motifs is 5. The molecule has 0 saturated heterocycles. The van der Waals surface area contributed by atoms with Crippen molar-refractivity contribution >= 4 is 17.6 Å². The molecule has 4 fully saturated rings. The number of rotatable bonds is 7. The summed E-state index contributed by atoms with van der Waals surface area (Å²) in [5.74, 6) is 3.63. The number of carbonyl (C=O) groups excluding carboxylic acids is 2. The Morgan fingerprint density at radius 2 is 1.69 bits per heavy atom. The topological polar surface area (TPSA) is 95.7 Å². The second kappa shape index (κ2) is 10.9. The molecule has 0 heterocycles. The average Bonchev–Trinajstić information content (AvgIpc) is 3.29. The number of ether oxygens (including phenoxy) is 2. The van der Waals surface area contributed by atoms with Crippen LogP contribution in [-0.2, 0) is 14.3 Å². The molecule has 0 radical (unpaired) electrons. The molecule has 5 rings (SSSR count). The molecule has 0 amide bonds. The Morgan fingerprint density at radius 1 is 1.00 bits per heavy atom. The summed E-state index contributed by atoms with van der Waals surface area (Å²) in [6, 6.07) is 5.70. The van der Waals surface area contributed by atoms with E-state index in [1.165, 1.54) is 69.9 Å². The molecular weight excluding hydrogens is 494 g/mol. The van der Waals surface area contributed by atoms with E-state index in [1.807, 2.05) is 0 Å². The van der Waals surface area contributed by atoms with E-state index in [0.717, 1.165) is 43.4 Å². The first-order chi connectivity index (χ1) is 18.6. The van der Waals surface area contributed by atoms with E-state index < -0.39 is 4.92 Å². The minimum atomic E-state index is -0.460. The number of hydrogen-bond donors (Lipinski definition) is 0. The maximum absolute atomic E-state index is 12.8. The van der Waals surface area contributed by atoms with Crippen molar-refractivity contribution in [2.45, 2.75) is 97.5 Å². The smallest absolute Gasteiger partial charge is 0.338 e. The molecule has 0 aliphatic heterocycles. The van der Waals surface area contributed by atoms with Gasteiger partial charge in [0, 0.05) is 18.6 Å². The molecular formula is C32H45NO6. The first-order valence-corrected chi connectivity index (χ1v) is 15.1. The summed E-state index contributed by atoms with van der Waals surface area (Å²) in [7, 11) is 1.48. The van der Waals surface area contributed by atoms with Gasteiger partial charge in [-0.3, -0.25) is 14.9 Å². The minimum absolute atomic E-state index is 0.0236. The standard InChI is InChI=1S/C32H45NO6/c1-20(5-14-29(34)38-4)26-12-13-27-25-11-8-22-19-24(15-17-31(22,2)28(25)16-18-32(26,27)3)39-30(35)21-6-9-23(10-7-21)33(36)37/h6-7,9-10,20,22,24-28H,5,8,11-19H2,1-4H3/t20?,22-,24+,25+,26-,27+,28+,31+,32-/m1/s1. The van der Waals surface area contributed by atoms with Crippen LogP contribution in [0.1, 0.15) is 102 Å². The van der Waals surface area contributed by atoms with Crippen molar-refractivity contribution in [2.24, 2.45) is 46.3 Å². The van der Waals surface area contributed by atoms with Crippen LogP contribution in [0.4, 0.5) is 5.69 Å². The maximum Gasteiger partial charge on any atom is 0.338 e. The summed E-state index contributed by atoms with van der Waals surface area (Å²) in [6.45, 7) is 7.44. The fourth-order valence-corrected chi connectivity index (χ4v) is 9.89. The van der Waals surface area contributed by atoms with Crippen LogP contribution in [0.15, 0.2) is 24.3 Å². The maximum atomic E-state index is 12.8. The molecule has 1 unspecified atom stereocenters. The van der Waals surface area contributed by atoms with Gasteiger partial charge in [-0.2, -0.15) is 0 Å². The van der Waals surface area contributed by atoms with Gasteiger partial charge >= 0.3 is 11.9 Å². The molecule has 7 nitrogen and oxygen atoms in total. The first kappa shape index (κ1) is 28.1. The van der Waals surface area contributed by atoms with Gasteiger partial charge in [-0.15, -0.1) is 0 Å². The van der Waals surface area contributed by atoms with Gasteiger partial charge in [0.1, 0.15) is 6.10 Å². The van der Waals surface area contributed by atoms with E-state index >= 15 is 0 Å². The van der Waals surface area contributed by atoms with Crippen LogP contribution in [0, 0.1) is 56.5 Å². The quantitative estimate of drug-likeness (QED) is 0.204. The zero-order valence-corrected chi connectivity index (χ0v) is 24.0. The molecule has 39 heavy (non-hydrogen) atoms. The second-order valence-electron chi connectivity index (χ2n) is 13.6. The third kappa shape index (κ3) is 5.11. The number of hydrogen-bond acceptors (Lipinski definition) is 6. The predicted molar refractivity (Wildman–Crippen MR) is 148 cm³/mol. The highest BCUT2D eigenvalue weighted by Gasteiger charge is 2.60. The van der Waals surface area contributed by atoms with Crippen molar-refractivity contribution in [1.29, 1.82) is 0 Å². The SMILES string of the molecule is COC(=O)CCC(C)[C@H]1CC[C@H]2[C@@H]3CC[C@@H]4C[C@@H](OC(=O)c5ccc([N+](=O)[O-])cc5)CC[C@]4(C)[C@H]3CC[C@]12C. The number of esters is 2. The van der Waals surface area contributed by atoms with Gasteiger partial charge in [0.15, 0.2) is 0 Å². The van der Waals surface area contributed by atoms with Crippen molar-refractivity contribution in [3.8, 4) is 0 Å². The number of methoxy groups -OCH3 is 1. The lowest BCUT2D eigenvalue weighted by atomic mass is 9.44. The van der Waals surface area contributed by atoms with Crippen LogP contribution in [-0.4, -0.2) is 30.1 Å². The van der Waals surface area contributed by atoms with Gasteiger partial charge < -0.3 is 9.47 Å². The highest BCUT2D eigenvalue weighted by Crippen LogP contribution is 2.68. The fourth-order valence-electron chi connectivity index (χ4n) is 9.89. The number of nitro groups is 1. The molecule has 0 spiro atoms. The molecule has 0 aromatic heterocycles. The van der Waals surface area contributed by atoms with E-state index in [4.69, 9.17) is 9.47 Å². The summed E-state index contributed by atoms with van der Waals surface area (Å²) in [4.78, 5) is 35.0.